The first-order valence-electron chi connectivity index (χ1n) is 25.7. The molecule has 10 aromatic rings. The van der Waals surface area contributed by atoms with Crippen molar-refractivity contribution >= 4 is 99.6 Å². The summed E-state index contributed by atoms with van der Waals surface area (Å²) in [4.78, 5) is 5.53. The van der Waals surface area contributed by atoms with E-state index in [0.29, 0.717) is 0 Å². The molecular weight excluding hydrogens is 965 g/mol. The standard InChI is InChI=1S/C68H60S2Si3/c1-67(2)57-39-19-21-43-61(57)69-65-59(67)41-25-45-63(65)72(49-27-11-7-12-28-49,50-29-13-8-14-30-50)55-37-23-35-53(47-55)71(5,6)54-36-24-38-56(48-54)73(51-31-15-9-16-32-51,52-33-17-10-18-34-52)64-46-26-42-60-66(64)70-62-44-22-20-40-58(62)68(60,3)4/h7-48H,1-6H3. The Balaban J connectivity index is 1.08. The van der Waals surface area contributed by atoms with E-state index in [1.807, 2.05) is 23.5 Å². The monoisotopic (exact) mass is 1020 g/mol. The Morgan fingerprint density at radius 3 is 0.904 bits per heavy atom. The summed E-state index contributed by atoms with van der Waals surface area (Å²) in [5, 5.41) is 14.3. The smallest absolute Gasteiger partial charge is 0.0895 e. The summed E-state index contributed by atoms with van der Waals surface area (Å²) in [5.41, 5.74) is 5.32. The van der Waals surface area contributed by atoms with Crippen LogP contribution in [0.5, 0.6) is 0 Å². The molecule has 5 heteroatoms. The van der Waals surface area contributed by atoms with E-state index in [1.165, 1.54) is 93.7 Å². The predicted octanol–water partition coefficient (Wildman–Crippen LogP) is 10.8. The Bertz CT molecular complexity index is 3340. The summed E-state index contributed by atoms with van der Waals surface area (Å²) in [7, 11) is -8.43. The van der Waals surface area contributed by atoms with Crippen LogP contribution in [0.2, 0.25) is 13.1 Å². The molecule has 0 radical (unpaired) electrons. The third-order valence-electron chi connectivity index (χ3n) is 16.6. The summed E-state index contributed by atoms with van der Waals surface area (Å²) in [5.74, 6) is 0. The van der Waals surface area contributed by atoms with Gasteiger partial charge in [-0.25, -0.2) is 0 Å². The van der Waals surface area contributed by atoms with Crippen LogP contribution in [-0.4, -0.2) is 24.2 Å². The molecule has 0 amide bonds. The second-order valence-electron chi connectivity index (χ2n) is 21.6. The highest BCUT2D eigenvalue weighted by molar-refractivity contribution is 8.00. The third-order valence-corrected chi connectivity index (χ3v) is 32.5. The van der Waals surface area contributed by atoms with E-state index < -0.39 is 24.2 Å². The third kappa shape index (κ3) is 7.53. The number of hydrogen-bond acceptors (Lipinski definition) is 2. The van der Waals surface area contributed by atoms with Crippen molar-refractivity contribution in [3.63, 3.8) is 0 Å². The molecule has 73 heavy (non-hydrogen) atoms. The zero-order chi connectivity index (χ0) is 50.0. The molecule has 2 aliphatic heterocycles. The molecule has 10 aromatic carbocycles. The van der Waals surface area contributed by atoms with Gasteiger partial charge >= 0.3 is 0 Å². The molecule has 2 heterocycles. The highest BCUT2D eigenvalue weighted by Crippen LogP contribution is 2.50. The molecule has 0 nitrogen and oxygen atoms in total. The van der Waals surface area contributed by atoms with Gasteiger partial charge in [0.15, 0.2) is 16.1 Å². The largest absolute Gasteiger partial charge is 0.180 e. The Hall–Kier alpha value is -6.45. The second kappa shape index (κ2) is 18.5. The normalized spacial score (nSPS) is 14.5. The van der Waals surface area contributed by atoms with Gasteiger partial charge in [0, 0.05) is 30.4 Å². The lowest BCUT2D eigenvalue weighted by molar-refractivity contribution is 0.608. The van der Waals surface area contributed by atoms with Crippen molar-refractivity contribution < 1.29 is 0 Å². The SMILES string of the molecule is CC1(C)c2ccccc2Sc2c1cccc2[Si](c1ccccc1)(c1ccccc1)c1cccc([Si](C)(C)c2cccc([Si](c3ccccc3)(c3ccccc3)c3cccc4c3Sc3ccccc3C4(C)C)c2)c1. The molecule has 2 aliphatic rings. The van der Waals surface area contributed by atoms with Crippen molar-refractivity contribution in [1.82, 2.24) is 0 Å². The van der Waals surface area contributed by atoms with Crippen LogP contribution < -0.4 is 51.9 Å². The van der Waals surface area contributed by atoms with Crippen molar-refractivity contribution in [3.05, 3.63) is 277 Å². The zero-order valence-electron chi connectivity index (χ0n) is 42.6. The van der Waals surface area contributed by atoms with Gasteiger partial charge in [-0.2, -0.15) is 0 Å². The van der Waals surface area contributed by atoms with Gasteiger partial charge in [-0.15, -0.1) is 0 Å². The van der Waals surface area contributed by atoms with Gasteiger partial charge < -0.3 is 0 Å². The summed E-state index contributed by atoms with van der Waals surface area (Å²) >= 11 is 3.96. The Kier molecular flexibility index (Phi) is 12.0. The molecule has 356 valence electrons. The van der Waals surface area contributed by atoms with Crippen LogP contribution in [-0.2, 0) is 10.8 Å². The lowest BCUT2D eigenvalue weighted by atomic mass is 9.78. The van der Waals surface area contributed by atoms with Crippen molar-refractivity contribution in [1.29, 1.82) is 0 Å². The van der Waals surface area contributed by atoms with Crippen LogP contribution in [0.25, 0.3) is 0 Å². The molecule has 0 fully saturated rings. The van der Waals surface area contributed by atoms with Crippen molar-refractivity contribution in [3.8, 4) is 0 Å². The summed E-state index contributed by atoms with van der Waals surface area (Å²) in [6.45, 7) is 14.9. The molecule has 0 spiro atoms. The number of rotatable bonds is 10. The first kappa shape index (κ1) is 47.5. The molecule has 0 saturated heterocycles. The summed E-state index contributed by atoms with van der Waals surface area (Å²) in [6.07, 6.45) is 0. The topological polar surface area (TPSA) is 0 Å². The molecule has 0 aromatic heterocycles. The van der Waals surface area contributed by atoms with Crippen LogP contribution in [0.3, 0.4) is 0 Å². The summed E-state index contributed by atoms with van der Waals surface area (Å²) < 4.78 is 0. The molecule has 0 saturated carbocycles. The number of benzene rings is 10. The maximum absolute atomic E-state index is 2.99. The molecular formula is C68H60S2Si3. The minimum Gasteiger partial charge on any atom is -0.0895 e. The average Bonchev–Trinajstić information content (AvgIpc) is 3.43. The average molecular weight is 1030 g/mol. The van der Waals surface area contributed by atoms with E-state index in [9.17, 15) is 0 Å². The fourth-order valence-electron chi connectivity index (χ4n) is 12.7. The van der Waals surface area contributed by atoms with E-state index in [-0.39, 0.29) is 10.8 Å². The van der Waals surface area contributed by atoms with Gasteiger partial charge in [-0.05, 0) is 75.9 Å². The molecule has 12 rings (SSSR count). The Morgan fingerprint density at radius 2 is 0.548 bits per heavy atom. The fourth-order valence-corrected chi connectivity index (χ4v) is 29.1. The minimum atomic E-state index is -2.99. The molecule has 0 aliphatic carbocycles. The van der Waals surface area contributed by atoms with Gasteiger partial charge in [-0.1, -0.05) is 317 Å². The van der Waals surface area contributed by atoms with Crippen LogP contribution in [0.1, 0.15) is 49.9 Å². The van der Waals surface area contributed by atoms with Crippen LogP contribution in [0, 0.1) is 0 Å². The quantitative estimate of drug-likeness (QED) is 0.0989. The predicted molar refractivity (Wildman–Crippen MR) is 322 cm³/mol. The molecule has 0 unspecified atom stereocenters. The van der Waals surface area contributed by atoms with Gasteiger partial charge in [0.1, 0.15) is 8.07 Å². The number of hydrogen-bond donors (Lipinski definition) is 0. The van der Waals surface area contributed by atoms with Gasteiger partial charge in [0.05, 0.1) is 0 Å². The minimum absolute atomic E-state index is 0.154. The second-order valence-corrected chi connectivity index (χ2v) is 35.6. The maximum Gasteiger partial charge on any atom is 0.180 e. The van der Waals surface area contributed by atoms with E-state index in [1.54, 1.807) is 0 Å². The Labute approximate surface area is 444 Å². The highest BCUT2D eigenvalue weighted by atomic mass is 32.2. The van der Waals surface area contributed by atoms with Crippen LogP contribution in [0.4, 0.5) is 0 Å². The lowest BCUT2D eigenvalue weighted by Crippen LogP contribution is -2.76. The van der Waals surface area contributed by atoms with Gasteiger partial charge in [-0.3, -0.25) is 0 Å². The van der Waals surface area contributed by atoms with Crippen molar-refractivity contribution in [2.24, 2.45) is 0 Å². The maximum atomic E-state index is 2.67. The molecule has 0 atom stereocenters. The molecule has 0 N–H and O–H groups in total. The van der Waals surface area contributed by atoms with Crippen LogP contribution in [0.15, 0.2) is 274 Å². The molecule has 0 bridgehead atoms. The van der Waals surface area contributed by atoms with E-state index >= 15 is 0 Å². The van der Waals surface area contributed by atoms with Crippen molar-refractivity contribution in [2.45, 2.75) is 71.2 Å². The van der Waals surface area contributed by atoms with E-state index in [2.05, 4.69) is 296 Å². The van der Waals surface area contributed by atoms with Gasteiger partial charge in [0.25, 0.3) is 0 Å². The van der Waals surface area contributed by atoms with E-state index in [4.69, 9.17) is 0 Å². The zero-order valence-corrected chi connectivity index (χ0v) is 47.2. The number of fused-ring (bicyclic) bond motifs is 4. The van der Waals surface area contributed by atoms with Crippen molar-refractivity contribution in [2.75, 3.05) is 0 Å². The summed E-state index contributed by atoms with van der Waals surface area (Å²) in [6, 6.07) is 98.7. The van der Waals surface area contributed by atoms with Gasteiger partial charge in [0.2, 0.25) is 0 Å². The lowest BCUT2D eigenvalue weighted by Gasteiger charge is -2.41. The van der Waals surface area contributed by atoms with E-state index in [0.717, 1.165) is 0 Å². The first-order valence-corrected chi connectivity index (χ1v) is 34.4. The van der Waals surface area contributed by atoms with Crippen LogP contribution >= 0.6 is 23.5 Å². The Morgan fingerprint density at radius 1 is 0.274 bits per heavy atom. The highest BCUT2D eigenvalue weighted by Gasteiger charge is 2.48. The fraction of sp³-hybridized carbons (Fsp3) is 0.118. The first-order chi connectivity index (χ1) is 35.5.